The highest BCUT2D eigenvalue weighted by atomic mass is 16.5. The number of allylic oxidation sites excluding steroid dienone is 2. The fourth-order valence-electron chi connectivity index (χ4n) is 3.26. The fraction of sp³-hybridized carbons (Fsp3) is 0.350. The number of hydrogen-bond acceptors (Lipinski definition) is 4. The highest BCUT2D eigenvalue weighted by Crippen LogP contribution is 2.28. The van der Waals surface area contributed by atoms with Gasteiger partial charge < -0.3 is 20.7 Å². The Labute approximate surface area is 147 Å². The molecule has 0 radical (unpaired) electrons. The molecule has 0 spiro atoms. The van der Waals surface area contributed by atoms with Gasteiger partial charge in [0.15, 0.2) is 5.88 Å². The lowest BCUT2D eigenvalue weighted by molar-refractivity contribution is -0.122. The molecule has 2 heterocycles. The summed E-state index contributed by atoms with van der Waals surface area (Å²) in [5.74, 6) is 1.17. The summed E-state index contributed by atoms with van der Waals surface area (Å²) in [7, 11) is 1.67. The summed E-state index contributed by atoms with van der Waals surface area (Å²) in [6.45, 7) is 2.85. The molecule has 0 aromatic heterocycles. The average Bonchev–Trinajstić information content (AvgIpc) is 3.46. The number of carbonyl (C=O) groups excluding carboxylic acids is 1. The Morgan fingerprint density at radius 3 is 2.84 bits per heavy atom. The van der Waals surface area contributed by atoms with E-state index in [1.54, 1.807) is 7.11 Å². The average molecular weight is 337 g/mol. The van der Waals surface area contributed by atoms with E-state index >= 15 is 0 Å². The molecular weight excluding hydrogens is 314 g/mol. The first kappa shape index (κ1) is 15.8. The smallest absolute Gasteiger partial charge is 0.224 e. The van der Waals surface area contributed by atoms with E-state index in [9.17, 15) is 4.79 Å². The number of nitrogens with one attached hydrogen (secondary N) is 3. The van der Waals surface area contributed by atoms with Crippen molar-refractivity contribution in [1.82, 2.24) is 16.0 Å². The van der Waals surface area contributed by atoms with Crippen LogP contribution in [0.1, 0.15) is 25.3 Å². The summed E-state index contributed by atoms with van der Waals surface area (Å²) in [6.07, 6.45) is 7.99. The normalized spacial score (nSPS) is 21.7. The first-order chi connectivity index (χ1) is 12.1. The molecule has 0 bridgehead atoms. The van der Waals surface area contributed by atoms with E-state index in [0.717, 1.165) is 35.7 Å². The number of benzene rings is 1. The second-order valence-electron chi connectivity index (χ2n) is 6.81. The van der Waals surface area contributed by atoms with Crippen LogP contribution in [0.3, 0.4) is 0 Å². The van der Waals surface area contributed by atoms with Crippen LogP contribution in [0, 0.1) is 5.92 Å². The molecule has 1 atom stereocenters. The molecule has 5 nitrogen and oxygen atoms in total. The van der Waals surface area contributed by atoms with Crippen molar-refractivity contribution in [2.24, 2.45) is 5.92 Å². The SMILES string of the molecule is COC1=CC(C)=C(c2ccc3c(c2)=CNC(NC(=O)C2CC2)C=3)CN1. The molecule has 5 heteroatoms. The van der Waals surface area contributed by atoms with Gasteiger partial charge in [-0.3, -0.25) is 4.79 Å². The van der Waals surface area contributed by atoms with Gasteiger partial charge in [-0.1, -0.05) is 12.1 Å². The molecule has 4 rings (SSSR count). The maximum atomic E-state index is 11.9. The third-order valence-electron chi connectivity index (χ3n) is 4.93. The Morgan fingerprint density at radius 2 is 2.12 bits per heavy atom. The monoisotopic (exact) mass is 337 g/mol. The van der Waals surface area contributed by atoms with Gasteiger partial charge in [0.2, 0.25) is 5.91 Å². The van der Waals surface area contributed by atoms with E-state index in [4.69, 9.17) is 4.74 Å². The maximum Gasteiger partial charge on any atom is 0.224 e. The van der Waals surface area contributed by atoms with Gasteiger partial charge in [-0.05, 0) is 59.1 Å². The lowest BCUT2D eigenvalue weighted by Crippen LogP contribution is -2.48. The van der Waals surface area contributed by atoms with Gasteiger partial charge in [0.1, 0.15) is 6.17 Å². The third kappa shape index (κ3) is 3.27. The van der Waals surface area contributed by atoms with Crippen molar-refractivity contribution in [3.05, 3.63) is 51.7 Å². The topological polar surface area (TPSA) is 62.4 Å². The van der Waals surface area contributed by atoms with Crippen molar-refractivity contribution in [2.75, 3.05) is 13.7 Å². The molecule has 2 aliphatic heterocycles. The van der Waals surface area contributed by atoms with Crippen molar-refractivity contribution < 1.29 is 9.53 Å². The minimum absolute atomic E-state index is 0.129. The predicted molar refractivity (Wildman–Crippen MR) is 98.1 cm³/mol. The second kappa shape index (κ2) is 6.31. The van der Waals surface area contributed by atoms with Crippen LogP contribution in [0.25, 0.3) is 17.8 Å². The van der Waals surface area contributed by atoms with Crippen LogP contribution in [0.2, 0.25) is 0 Å². The van der Waals surface area contributed by atoms with E-state index in [0.29, 0.717) is 0 Å². The zero-order valence-corrected chi connectivity index (χ0v) is 14.6. The number of amides is 1. The molecule has 0 saturated heterocycles. The van der Waals surface area contributed by atoms with Crippen molar-refractivity contribution in [3.8, 4) is 0 Å². The van der Waals surface area contributed by atoms with Crippen LogP contribution < -0.4 is 26.4 Å². The van der Waals surface area contributed by atoms with Gasteiger partial charge in [0.05, 0.1) is 7.11 Å². The number of carbonyl (C=O) groups is 1. The van der Waals surface area contributed by atoms with Crippen LogP contribution in [0.4, 0.5) is 0 Å². The quantitative estimate of drug-likeness (QED) is 0.750. The third-order valence-corrected chi connectivity index (χ3v) is 4.93. The summed E-state index contributed by atoms with van der Waals surface area (Å²) in [5, 5.41) is 11.9. The largest absolute Gasteiger partial charge is 0.483 e. The molecule has 25 heavy (non-hydrogen) atoms. The van der Waals surface area contributed by atoms with E-state index < -0.39 is 0 Å². The molecule has 1 fully saturated rings. The molecule has 1 aliphatic carbocycles. The van der Waals surface area contributed by atoms with Crippen molar-refractivity contribution in [2.45, 2.75) is 25.9 Å². The number of hydrogen-bond donors (Lipinski definition) is 3. The maximum absolute atomic E-state index is 11.9. The minimum atomic E-state index is -0.129. The molecule has 1 unspecified atom stereocenters. The highest BCUT2D eigenvalue weighted by Gasteiger charge is 2.30. The van der Waals surface area contributed by atoms with E-state index in [1.807, 2.05) is 12.3 Å². The lowest BCUT2D eigenvalue weighted by atomic mass is 9.97. The first-order valence-electron chi connectivity index (χ1n) is 8.72. The standard InChI is InChI=1S/C20H23N3O2/c1-12-7-19(25-2)22-11-17(12)15-6-5-14-9-18(21-10-16(14)8-15)23-20(24)13-3-4-13/h5-10,13,18,21-22H,3-4,11H2,1-2H3,(H,23,24). The fourth-order valence-corrected chi connectivity index (χ4v) is 3.26. The minimum Gasteiger partial charge on any atom is -0.483 e. The van der Waals surface area contributed by atoms with E-state index in [-0.39, 0.29) is 18.0 Å². The van der Waals surface area contributed by atoms with Gasteiger partial charge in [-0.2, -0.15) is 0 Å². The molecule has 130 valence electrons. The molecule has 1 amide bonds. The molecular formula is C20H23N3O2. The van der Waals surface area contributed by atoms with Crippen LogP contribution in [-0.4, -0.2) is 25.7 Å². The molecule has 3 N–H and O–H groups in total. The molecule has 3 aliphatic rings. The predicted octanol–water partition coefficient (Wildman–Crippen LogP) is 0.525. The van der Waals surface area contributed by atoms with Crippen LogP contribution in [0.15, 0.2) is 35.7 Å². The van der Waals surface area contributed by atoms with Crippen molar-refractivity contribution >= 4 is 23.8 Å². The van der Waals surface area contributed by atoms with Crippen LogP contribution in [0.5, 0.6) is 0 Å². The number of rotatable bonds is 4. The second-order valence-corrected chi connectivity index (χ2v) is 6.81. The van der Waals surface area contributed by atoms with Crippen molar-refractivity contribution in [3.63, 3.8) is 0 Å². The van der Waals surface area contributed by atoms with E-state index in [2.05, 4.69) is 47.1 Å². The Bertz CT molecular complexity index is 894. The van der Waals surface area contributed by atoms with Gasteiger partial charge in [-0.15, -0.1) is 0 Å². The molecule has 1 aromatic rings. The summed E-state index contributed by atoms with van der Waals surface area (Å²) in [5.41, 5.74) is 3.67. The molecule has 1 aromatic carbocycles. The van der Waals surface area contributed by atoms with Gasteiger partial charge in [-0.25, -0.2) is 0 Å². The summed E-state index contributed by atoms with van der Waals surface area (Å²) in [6, 6.07) is 6.44. The Hall–Kier alpha value is -2.69. The molecule has 1 saturated carbocycles. The number of ether oxygens (including phenoxy) is 1. The first-order valence-corrected chi connectivity index (χ1v) is 8.72. The number of methoxy groups -OCH3 is 1. The Balaban J connectivity index is 1.59. The number of fused-ring (bicyclic) bond motifs is 1. The van der Waals surface area contributed by atoms with Gasteiger partial charge in [0.25, 0.3) is 0 Å². The zero-order valence-electron chi connectivity index (χ0n) is 14.6. The number of dihydropyridines is 1. The summed E-state index contributed by atoms with van der Waals surface area (Å²) < 4.78 is 5.26. The summed E-state index contributed by atoms with van der Waals surface area (Å²) >= 11 is 0. The Kier molecular flexibility index (Phi) is 3.99. The Morgan fingerprint density at radius 1 is 1.28 bits per heavy atom. The highest BCUT2D eigenvalue weighted by molar-refractivity contribution is 5.82. The lowest BCUT2D eigenvalue weighted by Gasteiger charge is -2.21. The van der Waals surface area contributed by atoms with Gasteiger partial charge >= 0.3 is 0 Å². The van der Waals surface area contributed by atoms with Crippen LogP contribution in [-0.2, 0) is 9.53 Å². The van der Waals surface area contributed by atoms with E-state index in [1.165, 1.54) is 16.7 Å². The van der Waals surface area contributed by atoms with Crippen LogP contribution >= 0.6 is 0 Å². The van der Waals surface area contributed by atoms with Gasteiger partial charge in [0, 0.05) is 24.7 Å². The summed E-state index contributed by atoms with van der Waals surface area (Å²) in [4.78, 5) is 11.9. The van der Waals surface area contributed by atoms with Crippen molar-refractivity contribution in [1.29, 1.82) is 0 Å². The zero-order chi connectivity index (χ0) is 17.4.